The molecule has 0 saturated heterocycles. The molecule has 0 aromatic heterocycles. The Labute approximate surface area is 669 Å². The van der Waals surface area contributed by atoms with Crippen LogP contribution < -0.4 is 0 Å². The van der Waals surface area contributed by atoms with E-state index in [0.717, 1.165) is 0 Å². The summed E-state index contributed by atoms with van der Waals surface area (Å²) < 4.78 is 0. The first-order chi connectivity index (χ1) is 52.6. The third kappa shape index (κ3) is 44.7. The summed E-state index contributed by atoms with van der Waals surface area (Å²) in [7, 11) is 0. The van der Waals surface area contributed by atoms with Crippen LogP contribution in [0.25, 0.3) is 66.8 Å². The van der Waals surface area contributed by atoms with E-state index in [-0.39, 0.29) is 0 Å². The normalized spacial score (nSPS) is 8.56. The van der Waals surface area contributed by atoms with Gasteiger partial charge in [0.1, 0.15) is 0 Å². The summed E-state index contributed by atoms with van der Waals surface area (Å²) in [6.07, 6.45) is 0. The molecular weight excluding hydrogens is 1300 g/mol. The van der Waals surface area contributed by atoms with Crippen molar-refractivity contribution in [1.29, 1.82) is 0 Å². The summed E-state index contributed by atoms with van der Waals surface area (Å²) in [5, 5.41) is 0. The van der Waals surface area contributed by atoms with Crippen molar-refractivity contribution >= 4 is 0 Å². The van der Waals surface area contributed by atoms with E-state index >= 15 is 0 Å². The Bertz CT molecular complexity index is 3770. The Kier molecular flexibility index (Phi) is 75.6. The molecule has 12 rings (SSSR count). The summed E-state index contributed by atoms with van der Waals surface area (Å²) in [6, 6.07) is 102. The molecule has 0 saturated carbocycles. The Morgan fingerprint density at radius 3 is 0.722 bits per heavy atom. The average Bonchev–Trinajstić information content (AvgIpc) is 0.871. The van der Waals surface area contributed by atoms with Crippen molar-refractivity contribution in [2.45, 2.75) is 249 Å². The first kappa shape index (κ1) is 110. The largest absolute Gasteiger partial charge is 0.0683 e. The number of hydrogen-bond acceptors (Lipinski definition) is 0. The van der Waals surface area contributed by atoms with Gasteiger partial charge in [-0.1, -0.05) is 480 Å². The zero-order chi connectivity index (χ0) is 83.8. The molecule has 0 atom stereocenters. The quantitative estimate of drug-likeness (QED) is 0.156. The molecule has 0 bridgehead atoms. The van der Waals surface area contributed by atoms with Crippen molar-refractivity contribution in [3.05, 3.63) is 358 Å². The molecule has 0 aliphatic heterocycles. The van der Waals surface area contributed by atoms with Crippen LogP contribution in [0.4, 0.5) is 0 Å². The van der Waals surface area contributed by atoms with E-state index in [4.69, 9.17) is 0 Å². The number of aryl methyl sites for hydroxylation is 11. The summed E-state index contributed by atoms with van der Waals surface area (Å²) in [6.45, 7) is 73.8. The van der Waals surface area contributed by atoms with Crippen LogP contribution in [0.15, 0.2) is 291 Å². The molecular formula is C108H156. The molecule has 0 heteroatoms. The van der Waals surface area contributed by atoms with Gasteiger partial charge in [0, 0.05) is 0 Å². The fourth-order valence-corrected chi connectivity index (χ4v) is 9.98. The predicted molar refractivity (Wildman–Crippen MR) is 504 cm³/mol. The van der Waals surface area contributed by atoms with Crippen LogP contribution in [0.5, 0.6) is 0 Å². The molecule has 0 nitrogen and oxygen atoms in total. The van der Waals surface area contributed by atoms with Gasteiger partial charge in [0.15, 0.2) is 0 Å². The van der Waals surface area contributed by atoms with Crippen LogP contribution >= 0.6 is 0 Å². The highest BCUT2D eigenvalue weighted by Crippen LogP contribution is 2.28. The van der Waals surface area contributed by atoms with Crippen molar-refractivity contribution in [3.8, 4) is 66.8 Å². The van der Waals surface area contributed by atoms with E-state index in [1.54, 1.807) is 0 Å². The van der Waals surface area contributed by atoms with E-state index < -0.39 is 0 Å². The topological polar surface area (TPSA) is 0 Å². The third-order valence-electron chi connectivity index (χ3n) is 15.2. The molecule has 12 aromatic carbocycles. The van der Waals surface area contributed by atoms with Gasteiger partial charge in [0.05, 0.1) is 0 Å². The van der Waals surface area contributed by atoms with Crippen molar-refractivity contribution in [3.63, 3.8) is 0 Å². The summed E-state index contributed by atoms with van der Waals surface area (Å²) in [5.41, 5.74) is 31.8. The SMILES string of the molecule is CC.CC.CC.CC.CC.CC.CC.CC.CC.CC.CC.CC.Cc1cc(C)cc(-c2ccccc2)c1.Cc1ccc(-c2ccccc2)c(C)c1.Cc1ccc(-c2ccccc2)cc1C.Cc1ccc(-c2ccccc2)cc1C.Cc1ccc(C)c(-c2ccccc2)c1.Cc1cccc(-c2ccccc2)c1C. The van der Waals surface area contributed by atoms with E-state index in [2.05, 4.69) is 350 Å². The van der Waals surface area contributed by atoms with E-state index in [9.17, 15) is 0 Å². The fourth-order valence-electron chi connectivity index (χ4n) is 9.98. The fraction of sp³-hybridized carbons (Fsp3) is 0.333. The molecule has 0 unspecified atom stereocenters. The zero-order valence-corrected chi connectivity index (χ0v) is 75.7. The van der Waals surface area contributed by atoms with Gasteiger partial charge in [0.25, 0.3) is 0 Å². The third-order valence-corrected chi connectivity index (χ3v) is 15.2. The molecule has 0 amide bonds. The maximum Gasteiger partial charge on any atom is -0.0152 e. The maximum absolute atomic E-state index is 2.24. The predicted octanol–water partition coefficient (Wildman–Crippen LogP) is 36.1. The van der Waals surface area contributed by atoms with Crippen LogP contribution in [0.3, 0.4) is 0 Å². The van der Waals surface area contributed by atoms with Crippen LogP contribution in [0.2, 0.25) is 0 Å². The highest BCUT2D eigenvalue weighted by Gasteiger charge is 2.05. The lowest BCUT2D eigenvalue weighted by atomic mass is 9.97. The standard InChI is InChI=1S/6C14H14.12C2H6/c1-11-7-6-10-14(12(11)2)13-8-4-3-5-9-13;1-11-8-12(2)10-14(9-11)13-6-4-3-5-7-13;2*1-11-8-9-14(10-12(11)2)13-6-4-3-5-7-13;1-11-8-9-14(12(2)10-11)13-6-4-3-5-7-13;1-11-8-9-12(2)14(10-11)13-6-4-3-5-7-13;12*1-2/h6*3-10H,1-2H3;12*1-2H3. The van der Waals surface area contributed by atoms with Gasteiger partial charge < -0.3 is 0 Å². The second-order valence-corrected chi connectivity index (χ2v) is 22.1. The second-order valence-electron chi connectivity index (χ2n) is 22.1. The Hall–Kier alpha value is -9.36. The summed E-state index contributed by atoms with van der Waals surface area (Å²) >= 11 is 0. The average molecular weight is 1450 g/mol. The van der Waals surface area contributed by atoms with Gasteiger partial charge in [-0.15, -0.1) is 0 Å². The van der Waals surface area contributed by atoms with Gasteiger partial charge in [-0.25, -0.2) is 0 Å². The molecule has 588 valence electrons. The maximum atomic E-state index is 2.24. The van der Waals surface area contributed by atoms with Gasteiger partial charge in [0.2, 0.25) is 0 Å². The molecule has 0 aliphatic carbocycles. The number of hydrogen-bond donors (Lipinski definition) is 0. The summed E-state index contributed by atoms with van der Waals surface area (Å²) in [5.74, 6) is 0. The lowest BCUT2D eigenvalue weighted by molar-refractivity contribution is 1.34. The number of rotatable bonds is 6. The second kappa shape index (κ2) is 74.5. The van der Waals surface area contributed by atoms with Crippen molar-refractivity contribution in [2.24, 2.45) is 0 Å². The minimum atomic E-state index is 1.29. The first-order valence-electron chi connectivity index (χ1n) is 41.4. The Balaban J connectivity index is -0.000000273. The molecule has 0 radical (unpaired) electrons. The zero-order valence-electron chi connectivity index (χ0n) is 75.7. The Morgan fingerprint density at radius 2 is 0.398 bits per heavy atom. The van der Waals surface area contributed by atoms with Crippen molar-refractivity contribution in [2.75, 3.05) is 0 Å². The molecule has 0 heterocycles. The van der Waals surface area contributed by atoms with Gasteiger partial charge in [-0.3, -0.25) is 0 Å². The molecule has 0 fully saturated rings. The smallest absolute Gasteiger partial charge is 0.0152 e. The minimum Gasteiger partial charge on any atom is -0.0683 e. The summed E-state index contributed by atoms with van der Waals surface area (Å²) in [4.78, 5) is 0. The molecule has 0 N–H and O–H groups in total. The van der Waals surface area contributed by atoms with Gasteiger partial charge in [-0.05, 0) is 194 Å². The lowest BCUT2D eigenvalue weighted by Crippen LogP contribution is -1.85. The highest BCUT2D eigenvalue weighted by molar-refractivity contribution is 5.71. The van der Waals surface area contributed by atoms with Gasteiger partial charge >= 0.3 is 0 Å². The molecule has 0 spiro atoms. The van der Waals surface area contributed by atoms with Crippen LogP contribution in [0, 0.1) is 83.1 Å². The molecule has 108 heavy (non-hydrogen) atoms. The monoisotopic (exact) mass is 1450 g/mol. The Morgan fingerprint density at radius 1 is 0.120 bits per heavy atom. The van der Waals surface area contributed by atoms with Gasteiger partial charge in [-0.2, -0.15) is 0 Å². The first-order valence-corrected chi connectivity index (χ1v) is 41.4. The lowest BCUT2D eigenvalue weighted by Gasteiger charge is -2.07. The van der Waals surface area contributed by atoms with Crippen LogP contribution in [-0.2, 0) is 0 Å². The van der Waals surface area contributed by atoms with E-state index in [1.165, 1.54) is 134 Å². The molecule has 12 aromatic rings. The van der Waals surface area contributed by atoms with Crippen LogP contribution in [-0.4, -0.2) is 0 Å². The minimum absolute atomic E-state index is 1.29. The van der Waals surface area contributed by atoms with E-state index in [1.807, 2.05) is 190 Å². The van der Waals surface area contributed by atoms with Crippen molar-refractivity contribution in [1.82, 2.24) is 0 Å². The van der Waals surface area contributed by atoms with E-state index in [0.29, 0.717) is 0 Å². The van der Waals surface area contributed by atoms with Crippen LogP contribution in [0.1, 0.15) is 233 Å². The molecule has 0 aliphatic rings. The van der Waals surface area contributed by atoms with Crippen molar-refractivity contribution < 1.29 is 0 Å². The number of benzene rings is 12. The highest BCUT2D eigenvalue weighted by atomic mass is 14.1.